The standard InChI is InChI=1S/C24H28N4O4/c1-2-25-24(27-13-11-17-9-10-20-21(15-17)32-16-31-20)26-12-5-6-14-28-22(29)18-7-3-4-8-19(18)23(28)30/h3-4,7-10,15H,2,5-6,11-14,16H2,1H3,(H2,25,26,27). The molecule has 168 valence electrons. The SMILES string of the molecule is CCNC(=NCCCCN1C(=O)c2ccccc2C1=O)NCCc1ccc2c(c1)OCO2. The fourth-order valence-electron chi connectivity index (χ4n) is 3.78. The van der Waals surface area contributed by atoms with E-state index < -0.39 is 0 Å². The molecule has 2 N–H and O–H groups in total. The molecule has 0 unspecified atom stereocenters. The molecule has 0 aliphatic carbocycles. The van der Waals surface area contributed by atoms with Crippen LogP contribution in [0.15, 0.2) is 47.5 Å². The summed E-state index contributed by atoms with van der Waals surface area (Å²) in [5.74, 6) is 1.94. The topological polar surface area (TPSA) is 92.3 Å². The summed E-state index contributed by atoms with van der Waals surface area (Å²) in [7, 11) is 0. The van der Waals surface area contributed by atoms with Crippen LogP contribution < -0.4 is 20.1 Å². The van der Waals surface area contributed by atoms with Crippen molar-refractivity contribution in [2.45, 2.75) is 26.2 Å². The third kappa shape index (κ3) is 4.85. The molecule has 8 nitrogen and oxygen atoms in total. The third-order valence-corrected chi connectivity index (χ3v) is 5.43. The quantitative estimate of drug-likeness (QED) is 0.272. The molecular formula is C24H28N4O4. The van der Waals surface area contributed by atoms with E-state index in [0.29, 0.717) is 30.6 Å². The van der Waals surface area contributed by atoms with Gasteiger partial charge >= 0.3 is 0 Å². The number of nitrogens with zero attached hydrogens (tertiary/aromatic N) is 2. The number of imide groups is 1. The highest BCUT2D eigenvalue weighted by Crippen LogP contribution is 2.32. The Labute approximate surface area is 187 Å². The Bertz CT molecular complexity index is 986. The minimum Gasteiger partial charge on any atom is -0.454 e. The highest BCUT2D eigenvalue weighted by Gasteiger charge is 2.34. The molecule has 8 heteroatoms. The van der Waals surface area contributed by atoms with E-state index in [9.17, 15) is 9.59 Å². The molecule has 2 amide bonds. The van der Waals surface area contributed by atoms with E-state index >= 15 is 0 Å². The van der Waals surface area contributed by atoms with Gasteiger partial charge in [0.05, 0.1) is 11.1 Å². The van der Waals surface area contributed by atoms with Crippen LogP contribution >= 0.6 is 0 Å². The minimum atomic E-state index is -0.201. The number of benzene rings is 2. The maximum Gasteiger partial charge on any atom is 0.261 e. The first-order valence-corrected chi connectivity index (χ1v) is 11.0. The van der Waals surface area contributed by atoms with Gasteiger partial charge in [-0.05, 0) is 56.0 Å². The predicted octanol–water partition coefficient (Wildman–Crippen LogP) is 2.59. The van der Waals surface area contributed by atoms with Crippen LogP contribution in [0.1, 0.15) is 46.0 Å². The van der Waals surface area contributed by atoms with Crippen molar-refractivity contribution in [1.82, 2.24) is 15.5 Å². The van der Waals surface area contributed by atoms with E-state index in [2.05, 4.69) is 15.6 Å². The number of unbranched alkanes of at least 4 members (excludes halogenated alkanes) is 1. The summed E-state index contributed by atoms with van der Waals surface area (Å²) < 4.78 is 10.8. The van der Waals surface area contributed by atoms with Gasteiger partial charge in [-0.1, -0.05) is 18.2 Å². The largest absolute Gasteiger partial charge is 0.454 e. The molecule has 0 bridgehead atoms. The van der Waals surface area contributed by atoms with Gasteiger partial charge in [-0.15, -0.1) is 0 Å². The van der Waals surface area contributed by atoms with E-state index in [0.717, 1.165) is 43.4 Å². The summed E-state index contributed by atoms with van der Waals surface area (Å²) in [6.07, 6.45) is 2.33. The molecule has 0 fully saturated rings. The Morgan fingerprint density at radius 1 is 1.00 bits per heavy atom. The van der Waals surface area contributed by atoms with E-state index in [1.807, 2.05) is 25.1 Å². The molecule has 32 heavy (non-hydrogen) atoms. The molecule has 2 aromatic rings. The number of amides is 2. The number of hydrogen-bond donors (Lipinski definition) is 2. The van der Waals surface area contributed by atoms with Gasteiger partial charge < -0.3 is 20.1 Å². The summed E-state index contributed by atoms with van der Waals surface area (Å²) in [6, 6.07) is 13.0. The highest BCUT2D eigenvalue weighted by atomic mass is 16.7. The van der Waals surface area contributed by atoms with Crippen LogP contribution in [-0.4, -0.2) is 55.6 Å². The van der Waals surface area contributed by atoms with Crippen LogP contribution in [-0.2, 0) is 6.42 Å². The Balaban J connectivity index is 1.20. The van der Waals surface area contributed by atoms with Crippen molar-refractivity contribution in [3.63, 3.8) is 0 Å². The van der Waals surface area contributed by atoms with E-state index in [-0.39, 0.29) is 18.6 Å². The molecule has 0 saturated carbocycles. The fraction of sp³-hybridized carbons (Fsp3) is 0.375. The van der Waals surface area contributed by atoms with Crippen LogP contribution in [0, 0.1) is 0 Å². The number of ether oxygens (including phenoxy) is 2. The van der Waals surface area contributed by atoms with Gasteiger partial charge in [0.2, 0.25) is 6.79 Å². The van der Waals surface area contributed by atoms with Crippen molar-refractivity contribution in [3.05, 3.63) is 59.2 Å². The zero-order valence-corrected chi connectivity index (χ0v) is 18.2. The van der Waals surface area contributed by atoms with Crippen molar-refractivity contribution < 1.29 is 19.1 Å². The average Bonchev–Trinajstić information content (AvgIpc) is 3.37. The average molecular weight is 437 g/mol. The third-order valence-electron chi connectivity index (χ3n) is 5.43. The van der Waals surface area contributed by atoms with Gasteiger partial charge in [0.1, 0.15) is 0 Å². The van der Waals surface area contributed by atoms with Gasteiger partial charge in [0, 0.05) is 26.2 Å². The summed E-state index contributed by atoms with van der Waals surface area (Å²) >= 11 is 0. The smallest absolute Gasteiger partial charge is 0.261 e. The molecule has 2 aromatic carbocycles. The molecule has 2 aliphatic rings. The number of aliphatic imine (C=N–C) groups is 1. The lowest BCUT2D eigenvalue weighted by molar-refractivity contribution is 0.0652. The molecule has 0 aromatic heterocycles. The number of carbonyl (C=O) groups excluding carboxylic acids is 2. The first-order valence-electron chi connectivity index (χ1n) is 11.0. The van der Waals surface area contributed by atoms with Gasteiger partial charge in [0.25, 0.3) is 11.8 Å². The lowest BCUT2D eigenvalue weighted by Gasteiger charge is -2.14. The predicted molar refractivity (Wildman–Crippen MR) is 121 cm³/mol. The van der Waals surface area contributed by atoms with Crippen LogP contribution in [0.25, 0.3) is 0 Å². The normalized spacial score (nSPS) is 14.7. The zero-order chi connectivity index (χ0) is 22.3. The molecule has 2 aliphatic heterocycles. The summed E-state index contributed by atoms with van der Waals surface area (Å²) in [5.41, 5.74) is 2.16. The Morgan fingerprint density at radius 3 is 2.50 bits per heavy atom. The number of carbonyl (C=O) groups is 2. The van der Waals surface area contributed by atoms with Crippen LogP contribution in [0.5, 0.6) is 11.5 Å². The minimum absolute atomic E-state index is 0.201. The lowest BCUT2D eigenvalue weighted by Crippen LogP contribution is -2.38. The molecule has 0 saturated heterocycles. The Kier molecular flexibility index (Phi) is 6.89. The number of nitrogens with one attached hydrogen (secondary N) is 2. The highest BCUT2D eigenvalue weighted by molar-refractivity contribution is 6.21. The number of fused-ring (bicyclic) bond motifs is 2. The molecular weight excluding hydrogens is 408 g/mol. The van der Waals surface area contributed by atoms with Gasteiger partial charge in [0.15, 0.2) is 17.5 Å². The first-order chi connectivity index (χ1) is 15.7. The maximum atomic E-state index is 12.4. The van der Waals surface area contributed by atoms with Crippen LogP contribution in [0.2, 0.25) is 0 Å². The summed E-state index contributed by atoms with van der Waals surface area (Å²) in [4.78, 5) is 30.8. The van der Waals surface area contributed by atoms with E-state index in [1.165, 1.54) is 10.5 Å². The van der Waals surface area contributed by atoms with Crippen molar-refractivity contribution in [2.75, 3.05) is 33.0 Å². The van der Waals surface area contributed by atoms with Crippen LogP contribution in [0.3, 0.4) is 0 Å². The van der Waals surface area contributed by atoms with Crippen molar-refractivity contribution in [2.24, 2.45) is 4.99 Å². The number of rotatable bonds is 9. The summed E-state index contributed by atoms with van der Waals surface area (Å²) in [6.45, 7) is 4.84. The first kappa shape index (κ1) is 21.7. The van der Waals surface area contributed by atoms with Crippen molar-refractivity contribution >= 4 is 17.8 Å². The van der Waals surface area contributed by atoms with Gasteiger partial charge in [-0.25, -0.2) is 0 Å². The number of guanidine groups is 1. The van der Waals surface area contributed by atoms with Crippen molar-refractivity contribution in [1.29, 1.82) is 0 Å². The van der Waals surface area contributed by atoms with E-state index in [1.54, 1.807) is 24.3 Å². The maximum absolute atomic E-state index is 12.4. The second kappa shape index (κ2) is 10.2. The zero-order valence-electron chi connectivity index (χ0n) is 18.2. The Hall–Kier alpha value is -3.55. The number of hydrogen-bond acceptors (Lipinski definition) is 5. The monoisotopic (exact) mass is 436 g/mol. The molecule has 0 spiro atoms. The van der Waals surface area contributed by atoms with E-state index in [4.69, 9.17) is 9.47 Å². The lowest BCUT2D eigenvalue weighted by atomic mass is 10.1. The second-order valence-electron chi connectivity index (χ2n) is 7.64. The fourth-order valence-corrected chi connectivity index (χ4v) is 3.78. The molecule has 4 rings (SSSR count). The summed E-state index contributed by atoms with van der Waals surface area (Å²) in [5, 5.41) is 6.59. The van der Waals surface area contributed by atoms with Crippen LogP contribution in [0.4, 0.5) is 0 Å². The van der Waals surface area contributed by atoms with Gasteiger partial charge in [-0.3, -0.25) is 19.5 Å². The molecule has 0 atom stereocenters. The Morgan fingerprint density at radius 2 is 1.75 bits per heavy atom. The van der Waals surface area contributed by atoms with Crippen molar-refractivity contribution in [3.8, 4) is 11.5 Å². The second-order valence-corrected chi connectivity index (χ2v) is 7.64. The van der Waals surface area contributed by atoms with Gasteiger partial charge in [-0.2, -0.15) is 0 Å². The molecule has 2 heterocycles. The molecule has 0 radical (unpaired) electrons.